The summed E-state index contributed by atoms with van der Waals surface area (Å²) in [6.45, 7) is 6.50. The van der Waals surface area contributed by atoms with Crippen molar-refractivity contribution in [3.05, 3.63) is 72.9 Å². The van der Waals surface area contributed by atoms with Crippen molar-refractivity contribution in [3.63, 3.8) is 0 Å². The van der Waals surface area contributed by atoms with Crippen LogP contribution in [0.5, 0.6) is 0 Å². The van der Waals surface area contributed by atoms with Crippen LogP contribution in [0.15, 0.2) is 72.9 Å². The Hall–Kier alpha value is -3.15. The summed E-state index contributed by atoms with van der Waals surface area (Å²) >= 11 is 0. The Kier molecular flexibility index (Phi) is 54.8. The summed E-state index contributed by atoms with van der Waals surface area (Å²) in [6, 6.07) is 0. The van der Waals surface area contributed by atoms with Crippen LogP contribution in [0.1, 0.15) is 290 Å². The fourth-order valence-electron chi connectivity index (χ4n) is 8.25. The second-order valence-corrected chi connectivity index (χ2v) is 19.5. The number of hydrogen-bond acceptors (Lipinski definition) is 6. The van der Waals surface area contributed by atoms with Crippen molar-refractivity contribution in [2.24, 2.45) is 0 Å². The Labute approximate surface area is 427 Å². The van der Waals surface area contributed by atoms with Crippen LogP contribution in [-0.2, 0) is 28.6 Å². The zero-order chi connectivity index (χ0) is 50.0. The van der Waals surface area contributed by atoms with Crippen molar-refractivity contribution >= 4 is 17.9 Å². The predicted molar refractivity (Wildman–Crippen MR) is 298 cm³/mol. The number of unbranched alkanes of at least 4 members (excludes halogenated alkanes) is 30. The topological polar surface area (TPSA) is 78.9 Å². The standard InChI is InChI=1S/C63H110O6/c1-4-7-10-13-16-19-22-25-28-30-31-33-35-38-41-44-47-50-53-56-62(65)68-59-60(58-67-61(64)55-52-49-46-43-40-37-34-27-24-21-18-15-12-9-6-3)69-63(66)57-54-51-48-45-42-39-36-32-29-26-23-20-17-14-11-8-5-2/h9,12,17-18,20-21,26-27,29-31,34,60H,4-8,10-11,13-16,19,22-25,28,32-33,35-59H2,1-3H3/b12-9-,20-17-,21-18-,29-26-,31-30-,34-27-/t60-/m1/s1. The maximum atomic E-state index is 12.9. The Morgan fingerprint density at radius 1 is 0.304 bits per heavy atom. The van der Waals surface area contributed by atoms with E-state index >= 15 is 0 Å². The minimum Gasteiger partial charge on any atom is -0.462 e. The van der Waals surface area contributed by atoms with E-state index in [4.69, 9.17) is 14.2 Å². The zero-order valence-electron chi connectivity index (χ0n) is 45.6. The molecule has 6 heteroatoms. The summed E-state index contributed by atoms with van der Waals surface area (Å²) in [4.78, 5) is 38.2. The molecule has 0 N–H and O–H groups in total. The third-order valence-corrected chi connectivity index (χ3v) is 12.7. The minimum absolute atomic E-state index is 0.0859. The quantitative estimate of drug-likeness (QED) is 0.0262. The van der Waals surface area contributed by atoms with Gasteiger partial charge in [0.05, 0.1) is 0 Å². The van der Waals surface area contributed by atoms with Crippen LogP contribution in [0.3, 0.4) is 0 Å². The molecule has 0 rings (SSSR count). The highest BCUT2D eigenvalue weighted by Crippen LogP contribution is 2.15. The molecular weight excluding hydrogens is 853 g/mol. The SMILES string of the molecule is CC/C=C\C/C=C\C/C=C\CCCCCCCC(=O)OC[C@H](COC(=O)CCCCCCCCC/C=C\CCCCCCCCCC)OC(=O)CCCCCCCCC/C=C\C/C=C\CCCCC. The highest BCUT2D eigenvalue weighted by molar-refractivity contribution is 5.71. The van der Waals surface area contributed by atoms with Crippen LogP contribution >= 0.6 is 0 Å². The molecule has 0 saturated carbocycles. The van der Waals surface area contributed by atoms with Crippen LogP contribution in [0.2, 0.25) is 0 Å². The van der Waals surface area contributed by atoms with Crippen LogP contribution in [0, 0.1) is 0 Å². The largest absolute Gasteiger partial charge is 0.462 e. The van der Waals surface area contributed by atoms with E-state index in [9.17, 15) is 14.4 Å². The zero-order valence-corrected chi connectivity index (χ0v) is 45.6. The molecule has 0 aromatic rings. The summed E-state index contributed by atoms with van der Waals surface area (Å²) < 4.78 is 16.9. The lowest BCUT2D eigenvalue weighted by atomic mass is 10.1. The number of ether oxygens (including phenoxy) is 3. The summed E-state index contributed by atoms with van der Waals surface area (Å²) in [6.07, 6.45) is 73.2. The number of esters is 3. The molecule has 6 nitrogen and oxygen atoms in total. The second-order valence-electron chi connectivity index (χ2n) is 19.5. The molecule has 0 heterocycles. The molecule has 398 valence electrons. The highest BCUT2D eigenvalue weighted by Gasteiger charge is 2.19. The van der Waals surface area contributed by atoms with Gasteiger partial charge in [-0.05, 0) is 109 Å². The van der Waals surface area contributed by atoms with Gasteiger partial charge in [-0.2, -0.15) is 0 Å². The second kappa shape index (κ2) is 57.4. The molecule has 0 aliphatic carbocycles. The van der Waals surface area contributed by atoms with Gasteiger partial charge in [0.1, 0.15) is 13.2 Å². The first-order valence-corrected chi connectivity index (χ1v) is 29.4. The van der Waals surface area contributed by atoms with E-state index in [1.54, 1.807) is 0 Å². The minimum atomic E-state index is -0.789. The van der Waals surface area contributed by atoms with Crippen molar-refractivity contribution < 1.29 is 28.6 Å². The van der Waals surface area contributed by atoms with Gasteiger partial charge in [-0.3, -0.25) is 14.4 Å². The maximum absolute atomic E-state index is 12.9. The van der Waals surface area contributed by atoms with Gasteiger partial charge in [0.2, 0.25) is 0 Å². The fraction of sp³-hybridized carbons (Fsp3) is 0.762. The van der Waals surface area contributed by atoms with E-state index in [1.807, 2.05) is 0 Å². The van der Waals surface area contributed by atoms with Gasteiger partial charge >= 0.3 is 17.9 Å². The lowest BCUT2D eigenvalue weighted by Crippen LogP contribution is -2.30. The number of allylic oxidation sites excluding steroid dienone is 12. The number of rotatable bonds is 53. The summed E-state index contributed by atoms with van der Waals surface area (Å²) in [7, 11) is 0. The van der Waals surface area contributed by atoms with Gasteiger partial charge in [0.15, 0.2) is 6.10 Å². The molecule has 0 amide bonds. The number of carbonyl (C=O) groups is 3. The molecular formula is C63H110O6. The molecule has 0 radical (unpaired) electrons. The Bertz CT molecular complexity index is 1290. The third kappa shape index (κ3) is 55.6. The lowest BCUT2D eigenvalue weighted by molar-refractivity contribution is -0.167. The predicted octanol–water partition coefficient (Wildman–Crippen LogP) is 19.8. The molecule has 0 aliphatic rings. The van der Waals surface area contributed by atoms with Gasteiger partial charge in [-0.15, -0.1) is 0 Å². The average Bonchev–Trinajstić information content (AvgIpc) is 3.35. The molecule has 0 aliphatic heterocycles. The van der Waals surface area contributed by atoms with Crippen molar-refractivity contribution in [2.45, 2.75) is 297 Å². The van der Waals surface area contributed by atoms with E-state index in [0.717, 1.165) is 109 Å². The summed E-state index contributed by atoms with van der Waals surface area (Å²) in [5.74, 6) is -0.906. The normalized spacial score (nSPS) is 12.6. The first-order valence-electron chi connectivity index (χ1n) is 29.4. The monoisotopic (exact) mass is 963 g/mol. The van der Waals surface area contributed by atoms with Crippen molar-refractivity contribution in [3.8, 4) is 0 Å². The van der Waals surface area contributed by atoms with E-state index in [-0.39, 0.29) is 31.1 Å². The first-order chi connectivity index (χ1) is 34.0. The van der Waals surface area contributed by atoms with Gasteiger partial charge < -0.3 is 14.2 Å². The molecule has 0 fully saturated rings. The molecule has 0 unspecified atom stereocenters. The first kappa shape index (κ1) is 65.8. The third-order valence-electron chi connectivity index (χ3n) is 12.7. The van der Waals surface area contributed by atoms with E-state index in [2.05, 4.69) is 93.7 Å². The maximum Gasteiger partial charge on any atom is 0.306 e. The molecule has 0 aromatic heterocycles. The van der Waals surface area contributed by atoms with Gasteiger partial charge in [-0.25, -0.2) is 0 Å². The Morgan fingerprint density at radius 3 is 0.928 bits per heavy atom. The van der Waals surface area contributed by atoms with Gasteiger partial charge in [0, 0.05) is 19.3 Å². The summed E-state index contributed by atoms with van der Waals surface area (Å²) in [5, 5.41) is 0. The average molecular weight is 964 g/mol. The highest BCUT2D eigenvalue weighted by atomic mass is 16.6. The summed E-state index contributed by atoms with van der Waals surface area (Å²) in [5.41, 5.74) is 0. The Morgan fingerprint density at radius 2 is 0.565 bits per heavy atom. The molecule has 0 saturated heterocycles. The molecule has 1 atom stereocenters. The van der Waals surface area contributed by atoms with Crippen LogP contribution in [0.4, 0.5) is 0 Å². The number of carbonyl (C=O) groups excluding carboxylic acids is 3. The lowest BCUT2D eigenvalue weighted by Gasteiger charge is -2.18. The molecule has 0 spiro atoms. The van der Waals surface area contributed by atoms with Crippen molar-refractivity contribution in [1.29, 1.82) is 0 Å². The van der Waals surface area contributed by atoms with Gasteiger partial charge in [-0.1, -0.05) is 235 Å². The number of hydrogen-bond donors (Lipinski definition) is 0. The van der Waals surface area contributed by atoms with E-state index < -0.39 is 6.10 Å². The van der Waals surface area contributed by atoms with E-state index in [1.165, 1.54) is 141 Å². The van der Waals surface area contributed by atoms with Crippen LogP contribution in [-0.4, -0.2) is 37.2 Å². The molecule has 69 heavy (non-hydrogen) atoms. The van der Waals surface area contributed by atoms with E-state index in [0.29, 0.717) is 19.3 Å². The van der Waals surface area contributed by atoms with Crippen LogP contribution in [0.25, 0.3) is 0 Å². The van der Waals surface area contributed by atoms with Gasteiger partial charge in [0.25, 0.3) is 0 Å². The fourth-order valence-corrected chi connectivity index (χ4v) is 8.25. The van der Waals surface area contributed by atoms with Crippen molar-refractivity contribution in [2.75, 3.05) is 13.2 Å². The van der Waals surface area contributed by atoms with Crippen LogP contribution < -0.4 is 0 Å². The molecule has 0 aromatic carbocycles. The molecule has 0 bridgehead atoms. The Balaban J connectivity index is 4.40. The van der Waals surface area contributed by atoms with Crippen molar-refractivity contribution in [1.82, 2.24) is 0 Å². The smallest absolute Gasteiger partial charge is 0.306 e.